The Hall–Kier alpha value is -2.66. The van der Waals surface area contributed by atoms with Gasteiger partial charge in [0.25, 0.3) is 0 Å². The molecule has 2 saturated heterocycles. The van der Waals surface area contributed by atoms with Gasteiger partial charge in [0.2, 0.25) is 5.91 Å². The van der Waals surface area contributed by atoms with Crippen LogP contribution in [0.15, 0.2) is 48.5 Å². The van der Waals surface area contributed by atoms with E-state index in [0.29, 0.717) is 24.4 Å². The van der Waals surface area contributed by atoms with Gasteiger partial charge in [-0.25, -0.2) is 4.98 Å². The summed E-state index contributed by atoms with van der Waals surface area (Å²) in [7, 11) is 0. The number of aromatic nitrogens is 2. The molecule has 3 N–H and O–H groups in total. The van der Waals surface area contributed by atoms with Crippen LogP contribution in [-0.2, 0) is 4.79 Å². The van der Waals surface area contributed by atoms with E-state index in [2.05, 4.69) is 20.6 Å². The SMILES string of the molecule is O=C(CC1CC2CCC(C1)N2)Nc1cccc(-c2nc3ccccc3[nH]2)c1. The van der Waals surface area contributed by atoms with Gasteiger partial charge < -0.3 is 15.6 Å². The predicted molar refractivity (Wildman–Crippen MR) is 107 cm³/mol. The molecule has 3 heterocycles. The van der Waals surface area contributed by atoms with Gasteiger partial charge >= 0.3 is 0 Å². The molecule has 27 heavy (non-hydrogen) atoms. The van der Waals surface area contributed by atoms with Crippen molar-refractivity contribution in [2.75, 3.05) is 5.32 Å². The fourth-order valence-corrected chi connectivity index (χ4v) is 4.65. The summed E-state index contributed by atoms with van der Waals surface area (Å²) in [6.07, 6.45) is 5.40. The lowest BCUT2D eigenvalue weighted by molar-refractivity contribution is -0.117. The van der Waals surface area contributed by atoms with Gasteiger partial charge in [-0.1, -0.05) is 24.3 Å². The molecule has 2 unspecified atom stereocenters. The quantitative estimate of drug-likeness (QED) is 0.656. The number of fused-ring (bicyclic) bond motifs is 3. The molecule has 2 aromatic carbocycles. The van der Waals surface area contributed by atoms with Crippen molar-refractivity contribution in [2.24, 2.45) is 5.92 Å². The Labute approximate surface area is 158 Å². The number of aromatic amines is 1. The Morgan fingerprint density at radius 2 is 1.89 bits per heavy atom. The van der Waals surface area contributed by atoms with Crippen molar-refractivity contribution in [1.82, 2.24) is 15.3 Å². The summed E-state index contributed by atoms with van der Waals surface area (Å²) >= 11 is 0. The number of nitrogens with zero attached hydrogens (tertiary/aromatic N) is 1. The van der Waals surface area contributed by atoms with Crippen molar-refractivity contribution in [1.29, 1.82) is 0 Å². The number of rotatable bonds is 4. The van der Waals surface area contributed by atoms with Crippen molar-refractivity contribution in [3.8, 4) is 11.4 Å². The normalized spacial score (nSPS) is 24.2. The summed E-state index contributed by atoms with van der Waals surface area (Å²) in [6, 6.07) is 17.1. The Kier molecular flexibility index (Phi) is 4.17. The average molecular weight is 360 g/mol. The molecule has 0 spiro atoms. The number of hydrogen-bond acceptors (Lipinski definition) is 3. The number of imidazole rings is 1. The first kappa shape index (κ1) is 16.5. The number of para-hydroxylation sites is 2. The van der Waals surface area contributed by atoms with Gasteiger partial charge in [0.15, 0.2) is 0 Å². The largest absolute Gasteiger partial charge is 0.338 e. The van der Waals surface area contributed by atoms with Crippen molar-refractivity contribution in [3.05, 3.63) is 48.5 Å². The zero-order valence-corrected chi connectivity index (χ0v) is 15.2. The van der Waals surface area contributed by atoms with Crippen LogP contribution in [0.3, 0.4) is 0 Å². The van der Waals surface area contributed by atoms with Crippen LogP contribution in [0.25, 0.3) is 22.4 Å². The highest BCUT2D eigenvalue weighted by Gasteiger charge is 2.34. The van der Waals surface area contributed by atoms with Crippen molar-refractivity contribution >= 4 is 22.6 Å². The zero-order valence-electron chi connectivity index (χ0n) is 15.2. The molecule has 0 aliphatic carbocycles. The Morgan fingerprint density at radius 3 is 2.70 bits per heavy atom. The van der Waals surface area contributed by atoms with Gasteiger partial charge in [-0.3, -0.25) is 4.79 Å². The second-order valence-electron chi connectivity index (χ2n) is 7.91. The fraction of sp³-hybridized carbons (Fsp3) is 0.364. The smallest absolute Gasteiger partial charge is 0.224 e. The van der Waals surface area contributed by atoms with Gasteiger partial charge in [0.1, 0.15) is 5.82 Å². The minimum Gasteiger partial charge on any atom is -0.338 e. The lowest BCUT2D eigenvalue weighted by Gasteiger charge is -2.28. The van der Waals surface area contributed by atoms with E-state index in [0.717, 1.165) is 41.0 Å². The number of H-pyrrole nitrogens is 1. The fourth-order valence-electron chi connectivity index (χ4n) is 4.65. The first-order valence-electron chi connectivity index (χ1n) is 9.84. The maximum absolute atomic E-state index is 12.5. The number of benzene rings is 2. The molecule has 2 aliphatic rings. The molecule has 2 fully saturated rings. The van der Waals surface area contributed by atoms with Gasteiger partial charge in [0, 0.05) is 29.8 Å². The first-order valence-corrected chi connectivity index (χ1v) is 9.84. The summed E-state index contributed by atoms with van der Waals surface area (Å²) < 4.78 is 0. The Balaban J connectivity index is 1.28. The highest BCUT2D eigenvalue weighted by molar-refractivity contribution is 5.91. The maximum atomic E-state index is 12.5. The molecule has 5 heteroatoms. The topological polar surface area (TPSA) is 69.8 Å². The lowest BCUT2D eigenvalue weighted by Crippen LogP contribution is -2.39. The van der Waals surface area contributed by atoms with Crippen LogP contribution in [0, 0.1) is 5.92 Å². The summed E-state index contributed by atoms with van der Waals surface area (Å²) in [5.41, 5.74) is 3.77. The highest BCUT2D eigenvalue weighted by atomic mass is 16.1. The van der Waals surface area contributed by atoms with E-state index in [4.69, 9.17) is 0 Å². The van der Waals surface area contributed by atoms with E-state index >= 15 is 0 Å². The van der Waals surface area contributed by atoms with Gasteiger partial charge in [-0.15, -0.1) is 0 Å². The minimum atomic E-state index is 0.114. The maximum Gasteiger partial charge on any atom is 0.224 e. The number of carbonyl (C=O) groups excluding carboxylic acids is 1. The molecule has 5 rings (SSSR count). The molecule has 1 aromatic heterocycles. The van der Waals surface area contributed by atoms with Gasteiger partial charge in [0.05, 0.1) is 11.0 Å². The lowest BCUT2D eigenvalue weighted by atomic mass is 9.89. The number of amides is 1. The van der Waals surface area contributed by atoms with Crippen molar-refractivity contribution in [3.63, 3.8) is 0 Å². The van der Waals surface area contributed by atoms with E-state index in [9.17, 15) is 4.79 Å². The first-order chi connectivity index (χ1) is 13.2. The van der Waals surface area contributed by atoms with E-state index in [1.807, 2.05) is 48.5 Å². The summed E-state index contributed by atoms with van der Waals surface area (Å²) in [5, 5.41) is 6.72. The summed E-state index contributed by atoms with van der Waals surface area (Å²) in [6.45, 7) is 0. The molecule has 1 amide bonds. The van der Waals surface area contributed by atoms with Crippen molar-refractivity contribution in [2.45, 2.75) is 44.2 Å². The number of anilines is 1. The minimum absolute atomic E-state index is 0.114. The van der Waals surface area contributed by atoms with E-state index in [1.165, 1.54) is 12.8 Å². The molecule has 138 valence electrons. The molecule has 2 aliphatic heterocycles. The van der Waals surface area contributed by atoms with Crippen LogP contribution < -0.4 is 10.6 Å². The molecule has 0 radical (unpaired) electrons. The Morgan fingerprint density at radius 1 is 1.07 bits per heavy atom. The van der Waals surface area contributed by atoms with Crippen LogP contribution in [0.2, 0.25) is 0 Å². The van der Waals surface area contributed by atoms with E-state index < -0.39 is 0 Å². The molecule has 5 nitrogen and oxygen atoms in total. The third kappa shape index (κ3) is 3.47. The van der Waals surface area contributed by atoms with Crippen LogP contribution in [0.1, 0.15) is 32.1 Å². The number of nitrogens with one attached hydrogen (secondary N) is 3. The van der Waals surface area contributed by atoms with Gasteiger partial charge in [-0.05, 0) is 55.9 Å². The molecular formula is C22H24N4O. The third-order valence-electron chi connectivity index (χ3n) is 5.85. The predicted octanol–water partition coefficient (Wildman–Crippen LogP) is 4.09. The average Bonchev–Trinajstić information content (AvgIpc) is 3.25. The Bertz CT molecular complexity index is 934. The standard InChI is InChI=1S/C22H24N4O/c27-21(12-14-10-17-8-9-18(11-14)23-17)24-16-5-3-4-15(13-16)22-25-19-6-1-2-7-20(19)26-22/h1-7,13-14,17-18,23H,8-12H2,(H,24,27)(H,25,26). The molecule has 3 aromatic rings. The highest BCUT2D eigenvalue weighted by Crippen LogP contribution is 2.33. The van der Waals surface area contributed by atoms with E-state index in [-0.39, 0.29) is 5.91 Å². The molecular weight excluding hydrogens is 336 g/mol. The van der Waals surface area contributed by atoms with Crippen LogP contribution in [0.4, 0.5) is 5.69 Å². The number of piperidine rings is 1. The monoisotopic (exact) mass is 360 g/mol. The third-order valence-corrected chi connectivity index (χ3v) is 5.85. The number of hydrogen-bond donors (Lipinski definition) is 3. The van der Waals surface area contributed by atoms with Crippen LogP contribution >= 0.6 is 0 Å². The second-order valence-corrected chi connectivity index (χ2v) is 7.91. The van der Waals surface area contributed by atoms with Crippen LogP contribution in [0.5, 0.6) is 0 Å². The van der Waals surface area contributed by atoms with Crippen LogP contribution in [-0.4, -0.2) is 28.0 Å². The van der Waals surface area contributed by atoms with Crippen molar-refractivity contribution < 1.29 is 4.79 Å². The zero-order chi connectivity index (χ0) is 18.2. The summed E-state index contributed by atoms with van der Waals surface area (Å²) in [4.78, 5) is 20.5. The molecule has 2 atom stereocenters. The molecule has 0 saturated carbocycles. The summed E-state index contributed by atoms with van der Waals surface area (Å²) in [5.74, 6) is 1.44. The molecule has 2 bridgehead atoms. The second kappa shape index (κ2) is 6.82. The van der Waals surface area contributed by atoms with E-state index in [1.54, 1.807) is 0 Å². The number of carbonyl (C=O) groups is 1. The van der Waals surface area contributed by atoms with Gasteiger partial charge in [-0.2, -0.15) is 0 Å².